The lowest BCUT2D eigenvalue weighted by Gasteiger charge is -1.99. The summed E-state index contributed by atoms with van der Waals surface area (Å²) in [5, 5.41) is 3.79. The molecule has 0 aliphatic rings. The molecule has 0 bridgehead atoms. The molecule has 78 valence electrons. The lowest BCUT2D eigenvalue weighted by atomic mass is 10.1. The molecule has 0 unspecified atom stereocenters. The highest BCUT2D eigenvalue weighted by Crippen LogP contribution is 2.29. The van der Waals surface area contributed by atoms with E-state index in [-0.39, 0.29) is 11.6 Å². The van der Waals surface area contributed by atoms with E-state index in [1.54, 1.807) is 18.2 Å². The average molecular weight is 227 g/mol. The Labute approximate surface area is 90.6 Å². The Bertz CT molecular complexity index is 484. The van der Waals surface area contributed by atoms with Gasteiger partial charge in [0.15, 0.2) is 5.76 Å². The third-order valence-corrected chi connectivity index (χ3v) is 2.37. The van der Waals surface area contributed by atoms with Gasteiger partial charge in [0, 0.05) is 11.6 Å². The molecular weight excluding hydrogens is 219 g/mol. The van der Waals surface area contributed by atoms with Crippen LogP contribution in [0, 0.1) is 5.82 Å². The summed E-state index contributed by atoms with van der Waals surface area (Å²) in [6.07, 6.45) is 0. The van der Waals surface area contributed by atoms with Gasteiger partial charge in [-0.05, 0) is 6.07 Å². The van der Waals surface area contributed by atoms with Gasteiger partial charge < -0.3 is 10.3 Å². The maximum Gasteiger partial charge on any atom is 0.150 e. The quantitative estimate of drug-likeness (QED) is 0.856. The minimum absolute atomic E-state index is 0.0365. The Morgan fingerprint density at radius 1 is 1.47 bits per heavy atom. The predicted octanol–water partition coefficient (Wildman–Crippen LogP) is 2.59. The second-order valence-corrected chi connectivity index (χ2v) is 3.36. The zero-order chi connectivity index (χ0) is 10.8. The zero-order valence-electron chi connectivity index (χ0n) is 7.71. The minimum Gasteiger partial charge on any atom is -0.359 e. The largest absolute Gasteiger partial charge is 0.359 e. The molecule has 1 heterocycles. The Kier molecular flexibility index (Phi) is 2.70. The summed E-state index contributed by atoms with van der Waals surface area (Å²) in [6.45, 7) is 0.250. The molecule has 15 heavy (non-hydrogen) atoms. The fourth-order valence-electron chi connectivity index (χ4n) is 1.24. The van der Waals surface area contributed by atoms with E-state index in [0.717, 1.165) is 0 Å². The second kappa shape index (κ2) is 4.00. The Morgan fingerprint density at radius 2 is 2.27 bits per heavy atom. The minimum atomic E-state index is -0.480. The van der Waals surface area contributed by atoms with Crippen LogP contribution >= 0.6 is 11.6 Å². The molecule has 5 heteroatoms. The second-order valence-electron chi connectivity index (χ2n) is 2.98. The Hall–Kier alpha value is -1.39. The van der Waals surface area contributed by atoms with Crippen LogP contribution in [-0.2, 0) is 6.54 Å². The molecule has 2 rings (SSSR count). The predicted molar refractivity (Wildman–Crippen MR) is 54.8 cm³/mol. The lowest BCUT2D eigenvalue weighted by molar-refractivity contribution is 0.387. The first-order valence-electron chi connectivity index (χ1n) is 4.32. The van der Waals surface area contributed by atoms with E-state index in [4.69, 9.17) is 21.9 Å². The smallest absolute Gasteiger partial charge is 0.150 e. The van der Waals surface area contributed by atoms with Crippen LogP contribution in [0.2, 0.25) is 5.02 Å². The van der Waals surface area contributed by atoms with Crippen molar-refractivity contribution in [3.63, 3.8) is 0 Å². The van der Waals surface area contributed by atoms with E-state index in [2.05, 4.69) is 5.16 Å². The summed E-state index contributed by atoms with van der Waals surface area (Å²) in [5.41, 5.74) is 6.35. The Balaban J connectivity index is 2.49. The van der Waals surface area contributed by atoms with Gasteiger partial charge in [-0.3, -0.25) is 0 Å². The maximum absolute atomic E-state index is 13.1. The number of nitrogens with zero attached hydrogens (tertiary/aromatic N) is 1. The van der Waals surface area contributed by atoms with Crippen molar-refractivity contribution in [1.82, 2.24) is 5.16 Å². The SMILES string of the molecule is NCc1cc(-c2cccc(F)c2Cl)no1. The van der Waals surface area contributed by atoms with Crippen LogP contribution in [0.25, 0.3) is 11.3 Å². The van der Waals surface area contributed by atoms with E-state index < -0.39 is 5.82 Å². The van der Waals surface area contributed by atoms with Crippen molar-refractivity contribution in [2.75, 3.05) is 0 Å². The van der Waals surface area contributed by atoms with Crippen molar-refractivity contribution < 1.29 is 8.91 Å². The van der Waals surface area contributed by atoms with Crippen LogP contribution in [0.1, 0.15) is 5.76 Å². The number of nitrogens with two attached hydrogens (primary N) is 1. The number of hydrogen-bond acceptors (Lipinski definition) is 3. The first kappa shape index (κ1) is 10.1. The molecule has 0 amide bonds. The maximum atomic E-state index is 13.1. The van der Waals surface area contributed by atoms with Gasteiger partial charge in [0.2, 0.25) is 0 Å². The molecule has 3 nitrogen and oxygen atoms in total. The standard InChI is InChI=1S/C10H8ClFN2O/c11-10-7(2-1-3-8(10)12)9-4-6(5-13)15-14-9/h1-4H,5,13H2. The highest BCUT2D eigenvalue weighted by atomic mass is 35.5. The monoisotopic (exact) mass is 226 g/mol. The van der Waals surface area contributed by atoms with Crippen molar-refractivity contribution in [3.05, 3.63) is 40.9 Å². The molecule has 2 N–H and O–H groups in total. The molecule has 1 aromatic heterocycles. The van der Waals surface area contributed by atoms with E-state index in [1.165, 1.54) is 6.07 Å². The molecule has 0 aliphatic heterocycles. The number of hydrogen-bond donors (Lipinski definition) is 1. The zero-order valence-corrected chi connectivity index (χ0v) is 8.46. The average Bonchev–Trinajstić information content (AvgIpc) is 2.70. The van der Waals surface area contributed by atoms with Crippen molar-refractivity contribution >= 4 is 11.6 Å². The van der Waals surface area contributed by atoms with Gasteiger partial charge in [-0.15, -0.1) is 0 Å². The van der Waals surface area contributed by atoms with Gasteiger partial charge in [-0.25, -0.2) is 4.39 Å². The number of rotatable bonds is 2. The van der Waals surface area contributed by atoms with Crippen LogP contribution < -0.4 is 5.73 Å². The van der Waals surface area contributed by atoms with E-state index in [1.807, 2.05) is 0 Å². The molecule has 0 aliphatic carbocycles. The summed E-state index contributed by atoms with van der Waals surface area (Å²) in [6, 6.07) is 6.16. The normalized spacial score (nSPS) is 10.6. The number of benzene rings is 1. The van der Waals surface area contributed by atoms with E-state index >= 15 is 0 Å². The molecule has 0 saturated heterocycles. The van der Waals surface area contributed by atoms with Gasteiger partial charge in [-0.1, -0.05) is 28.9 Å². The van der Waals surface area contributed by atoms with Gasteiger partial charge >= 0.3 is 0 Å². The highest BCUT2D eigenvalue weighted by Gasteiger charge is 2.11. The van der Waals surface area contributed by atoms with Crippen LogP contribution in [-0.4, -0.2) is 5.16 Å². The lowest BCUT2D eigenvalue weighted by Crippen LogP contribution is -1.92. The summed E-state index contributed by atoms with van der Waals surface area (Å²) < 4.78 is 18.0. The molecule has 2 aromatic rings. The first-order valence-corrected chi connectivity index (χ1v) is 4.70. The van der Waals surface area contributed by atoms with Crippen LogP contribution in [0.4, 0.5) is 4.39 Å². The molecule has 0 radical (unpaired) electrons. The van der Waals surface area contributed by atoms with Crippen molar-refractivity contribution in [2.24, 2.45) is 5.73 Å². The third kappa shape index (κ3) is 1.86. The van der Waals surface area contributed by atoms with Gasteiger partial charge in [0.1, 0.15) is 11.5 Å². The Morgan fingerprint density at radius 3 is 2.93 bits per heavy atom. The summed E-state index contributed by atoms with van der Waals surface area (Å²) in [4.78, 5) is 0. The fraction of sp³-hybridized carbons (Fsp3) is 0.100. The first-order chi connectivity index (χ1) is 7.22. The number of halogens is 2. The molecule has 0 fully saturated rings. The van der Waals surface area contributed by atoms with Crippen LogP contribution in [0.5, 0.6) is 0 Å². The molecule has 1 aromatic carbocycles. The summed E-state index contributed by atoms with van der Waals surface area (Å²) >= 11 is 5.79. The highest BCUT2D eigenvalue weighted by molar-refractivity contribution is 6.33. The van der Waals surface area contributed by atoms with Crippen molar-refractivity contribution in [2.45, 2.75) is 6.54 Å². The summed E-state index contributed by atoms with van der Waals surface area (Å²) in [7, 11) is 0. The molecule has 0 saturated carbocycles. The van der Waals surface area contributed by atoms with E-state index in [9.17, 15) is 4.39 Å². The van der Waals surface area contributed by atoms with Gasteiger partial charge in [0.25, 0.3) is 0 Å². The van der Waals surface area contributed by atoms with Crippen molar-refractivity contribution in [1.29, 1.82) is 0 Å². The van der Waals surface area contributed by atoms with Crippen molar-refractivity contribution in [3.8, 4) is 11.3 Å². The fourth-order valence-corrected chi connectivity index (χ4v) is 1.46. The van der Waals surface area contributed by atoms with E-state index in [0.29, 0.717) is 17.0 Å². The third-order valence-electron chi connectivity index (χ3n) is 1.99. The van der Waals surface area contributed by atoms with Crippen LogP contribution in [0.3, 0.4) is 0 Å². The van der Waals surface area contributed by atoms with Gasteiger partial charge in [-0.2, -0.15) is 0 Å². The molecule has 0 atom stereocenters. The van der Waals surface area contributed by atoms with Gasteiger partial charge in [0.05, 0.1) is 11.6 Å². The molecule has 0 spiro atoms. The molecular formula is C10H8ClFN2O. The summed E-state index contributed by atoms with van der Waals surface area (Å²) in [5.74, 6) is 0.0526. The number of aromatic nitrogens is 1. The van der Waals surface area contributed by atoms with Crippen LogP contribution in [0.15, 0.2) is 28.8 Å². The topological polar surface area (TPSA) is 52.0 Å².